The van der Waals surface area contributed by atoms with Crippen molar-refractivity contribution in [3.8, 4) is 0 Å². The minimum absolute atomic E-state index is 0. The summed E-state index contributed by atoms with van der Waals surface area (Å²) in [5.74, 6) is -1.10. The number of hydrogen-bond acceptors (Lipinski definition) is 3. The van der Waals surface area contributed by atoms with Gasteiger partial charge in [-0.2, -0.15) is 0 Å². The molecular formula is C32H34O4. The lowest BCUT2D eigenvalue weighted by molar-refractivity contribution is 0.0696. The first-order valence-corrected chi connectivity index (χ1v) is 11.5. The molecule has 1 unspecified atom stereocenters. The molecule has 0 saturated heterocycles. The Morgan fingerprint density at radius 3 is 1.17 bits per heavy atom. The van der Waals surface area contributed by atoms with Crippen molar-refractivity contribution in [2.24, 2.45) is 0 Å². The number of carbonyl (C=O) groups excluding carboxylic acids is 2. The van der Waals surface area contributed by atoms with Gasteiger partial charge in [0, 0.05) is 11.1 Å². The van der Waals surface area contributed by atoms with Crippen LogP contribution in [0.3, 0.4) is 0 Å². The molecule has 4 aromatic rings. The molecular weight excluding hydrogens is 448 g/mol. The number of carboxylic acid groups (broad SMARTS) is 1. The van der Waals surface area contributed by atoms with E-state index in [-0.39, 0.29) is 7.43 Å². The van der Waals surface area contributed by atoms with Crippen molar-refractivity contribution in [1.29, 1.82) is 0 Å². The van der Waals surface area contributed by atoms with Crippen LogP contribution in [0.5, 0.6) is 0 Å². The molecule has 0 aromatic heterocycles. The van der Waals surface area contributed by atoms with E-state index in [1.165, 1.54) is 12.0 Å². The summed E-state index contributed by atoms with van der Waals surface area (Å²) in [6.07, 6.45) is 1.23. The Balaban J connectivity index is 0.000000282. The van der Waals surface area contributed by atoms with E-state index in [4.69, 9.17) is 5.11 Å². The lowest BCUT2D eigenvalue weighted by Gasteiger charge is -2.06. The molecule has 4 heteroatoms. The maximum atomic E-state index is 11.8. The zero-order chi connectivity index (χ0) is 25.5. The van der Waals surface area contributed by atoms with Gasteiger partial charge in [-0.05, 0) is 30.0 Å². The van der Waals surface area contributed by atoms with Gasteiger partial charge in [-0.25, -0.2) is 4.79 Å². The van der Waals surface area contributed by atoms with Crippen LogP contribution >= 0.6 is 0 Å². The number of carboxylic acids is 1. The SMILES string of the molecule is C.CCC(C)c1ccccc1.O=C(C(=O)c1ccccc1)c1ccccc1.O=C(O)c1ccccc1. The smallest absolute Gasteiger partial charge is 0.335 e. The molecule has 4 aromatic carbocycles. The van der Waals surface area contributed by atoms with Gasteiger partial charge in [0.1, 0.15) is 0 Å². The van der Waals surface area contributed by atoms with Crippen LogP contribution < -0.4 is 0 Å². The average Bonchev–Trinajstić information content (AvgIpc) is 2.94. The fourth-order valence-electron chi connectivity index (χ4n) is 3.04. The third kappa shape index (κ3) is 9.90. The van der Waals surface area contributed by atoms with Gasteiger partial charge < -0.3 is 5.11 Å². The van der Waals surface area contributed by atoms with Gasteiger partial charge >= 0.3 is 5.97 Å². The highest BCUT2D eigenvalue weighted by atomic mass is 16.4. The number of Topliss-reactive ketones (excluding diaryl/α,β-unsaturated/α-hetero) is 2. The van der Waals surface area contributed by atoms with Crippen molar-refractivity contribution < 1.29 is 19.5 Å². The van der Waals surface area contributed by atoms with Crippen molar-refractivity contribution in [2.75, 3.05) is 0 Å². The lowest BCUT2D eigenvalue weighted by Crippen LogP contribution is -2.14. The molecule has 0 amide bonds. The number of hydrogen-bond donors (Lipinski definition) is 1. The number of benzene rings is 4. The van der Waals surface area contributed by atoms with Crippen LogP contribution in [0.1, 0.15) is 70.3 Å². The first kappa shape index (κ1) is 29.7. The maximum Gasteiger partial charge on any atom is 0.335 e. The molecule has 0 spiro atoms. The van der Waals surface area contributed by atoms with E-state index in [1.807, 2.05) is 12.1 Å². The predicted octanol–water partition coefficient (Wildman–Crippen LogP) is 7.97. The summed E-state index contributed by atoms with van der Waals surface area (Å²) in [7, 11) is 0. The van der Waals surface area contributed by atoms with E-state index in [0.717, 1.165) is 0 Å². The minimum Gasteiger partial charge on any atom is -0.478 e. The van der Waals surface area contributed by atoms with Crippen molar-refractivity contribution in [1.82, 2.24) is 0 Å². The van der Waals surface area contributed by atoms with Crippen LogP contribution in [0.4, 0.5) is 0 Å². The zero-order valence-electron chi connectivity index (χ0n) is 20.0. The van der Waals surface area contributed by atoms with Gasteiger partial charge in [0.05, 0.1) is 5.56 Å². The lowest BCUT2D eigenvalue weighted by atomic mass is 9.99. The van der Waals surface area contributed by atoms with E-state index < -0.39 is 17.5 Å². The first-order chi connectivity index (χ1) is 16.9. The third-order valence-electron chi connectivity index (χ3n) is 5.28. The molecule has 4 rings (SSSR count). The average molecular weight is 483 g/mol. The standard InChI is InChI=1S/C14H10O2.C10H14.C7H6O2.CH4/c15-13(11-7-3-1-4-8-11)14(16)12-9-5-2-6-10-12;1-3-9(2)10-7-5-4-6-8-10;8-7(9)6-4-2-1-3-5-6;/h1-10H;4-9H,3H2,1-2H3;1-5H,(H,8,9);1H4. The number of ketones is 2. The van der Waals surface area contributed by atoms with Crippen LogP contribution in [0.15, 0.2) is 121 Å². The zero-order valence-corrected chi connectivity index (χ0v) is 20.0. The fraction of sp³-hybridized carbons (Fsp3) is 0.156. The normalized spacial score (nSPS) is 10.2. The molecule has 0 heterocycles. The second kappa shape index (κ2) is 16.3. The Kier molecular flexibility index (Phi) is 13.5. The monoisotopic (exact) mass is 482 g/mol. The van der Waals surface area contributed by atoms with Gasteiger partial charge in [0.25, 0.3) is 0 Å². The Morgan fingerprint density at radius 1 is 0.583 bits per heavy atom. The topological polar surface area (TPSA) is 71.4 Å². The molecule has 0 radical (unpaired) electrons. The second-order valence-electron chi connectivity index (χ2n) is 7.78. The van der Waals surface area contributed by atoms with Gasteiger partial charge in [-0.3, -0.25) is 9.59 Å². The molecule has 0 fully saturated rings. The van der Waals surface area contributed by atoms with Crippen LogP contribution in [0, 0.1) is 0 Å². The number of carbonyl (C=O) groups is 3. The van der Waals surface area contributed by atoms with E-state index in [1.54, 1.807) is 78.9 Å². The Hall–Kier alpha value is -4.31. The van der Waals surface area contributed by atoms with Crippen molar-refractivity contribution in [3.63, 3.8) is 0 Å². The van der Waals surface area contributed by atoms with Crippen LogP contribution in [0.2, 0.25) is 0 Å². The van der Waals surface area contributed by atoms with Crippen molar-refractivity contribution in [2.45, 2.75) is 33.6 Å². The van der Waals surface area contributed by atoms with Gasteiger partial charge in [0.2, 0.25) is 11.6 Å². The summed E-state index contributed by atoms with van der Waals surface area (Å²) in [6.45, 7) is 4.48. The third-order valence-corrected chi connectivity index (χ3v) is 5.28. The van der Waals surface area contributed by atoms with E-state index in [2.05, 4.69) is 44.2 Å². The molecule has 1 N–H and O–H groups in total. The molecule has 186 valence electrons. The minimum atomic E-state index is -0.879. The van der Waals surface area contributed by atoms with Crippen molar-refractivity contribution in [3.05, 3.63) is 144 Å². The van der Waals surface area contributed by atoms with E-state index >= 15 is 0 Å². The van der Waals surface area contributed by atoms with E-state index in [9.17, 15) is 14.4 Å². The molecule has 1 atom stereocenters. The molecule has 0 saturated carbocycles. The molecule has 36 heavy (non-hydrogen) atoms. The summed E-state index contributed by atoms with van der Waals surface area (Å²) in [5.41, 5.74) is 2.63. The molecule has 0 aliphatic rings. The largest absolute Gasteiger partial charge is 0.478 e. The molecule has 0 aliphatic carbocycles. The van der Waals surface area contributed by atoms with Crippen LogP contribution in [-0.2, 0) is 0 Å². The van der Waals surface area contributed by atoms with E-state index in [0.29, 0.717) is 22.6 Å². The Labute approximate surface area is 214 Å². The molecule has 0 bridgehead atoms. The molecule has 4 nitrogen and oxygen atoms in total. The number of rotatable bonds is 6. The predicted molar refractivity (Wildman–Crippen MR) is 147 cm³/mol. The van der Waals surface area contributed by atoms with Gasteiger partial charge in [-0.15, -0.1) is 0 Å². The molecule has 0 aliphatic heterocycles. The number of aromatic carboxylic acids is 1. The first-order valence-electron chi connectivity index (χ1n) is 11.5. The Morgan fingerprint density at radius 2 is 0.889 bits per heavy atom. The highest BCUT2D eigenvalue weighted by Gasteiger charge is 2.17. The fourth-order valence-corrected chi connectivity index (χ4v) is 3.04. The summed E-state index contributed by atoms with van der Waals surface area (Å²) < 4.78 is 0. The summed E-state index contributed by atoms with van der Waals surface area (Å²) in [5, 5.41) is 8.38. The summed E-state index contributed by atoms with van der Waals surface area (Å²) in [4.78, 5) is 33.8. The van der Waals surface area contributed by atoms with Crippen LogP contribution in [-0.4, -0.2) is 22.6 Å². The van der Waals surface area contributed by atoms with Crippen LogP contribution in [0.25, 0.3) is 0 Å². The summed E-state index contributed by atoms with van der Waals surface area (Å²) >= 11 is 0. The quantitative estimate of drug-likeness (QED) is 0.223. The van der Waals surface area contributed by atoms with Gasteiger partial charge in [-0.1, -0.05) is 130 Å². The highest BCUT2D eigenvalue weighted by molar-refractivity contribution is 6.49. The maximum absolute atomic E-state index is 11.8. The van der Waals surface area contributed by atoms with Gasteiger partial charge in [0.15, 0.2) is 0 Å². The highest BCUT2D eigenvalue weighted by Crippen LogP contribution is 2.16. The Bertz CT molecular complexity index is 1120. The second-order valence-corrected chi connectivity index (χ2v) is 7.78. The summed E-state index contributed by atoms with van der Waals surface area (Å²) in [6, 6.07) is 36.1. The van der Waals surface area contributed by atoms with Crippen molar-refractivity contribution >= 4 is 17.5 Å².